The Morgan fingerprint density at radius 3 is 2.53 bits per heavy atom. The van der Waals surface area contributed by atoms with E-state index in [1.54, 1.807) is 14.0 Å². The first-order valence-electron chi connectivity index (χ1n) is 5.24. The van der Waals surface area contributed by atoms with Crippen LogP contribution < -0.4 is 10.1 Å². The molecule has 0 amide bonds. The Labute approximate surface area is 91.1 Å². The predicted octanol–water partition coefficient (Wildman–Crippen LogP) is 1.21. The van der Waals surface area contributed by atoms with Gasteiger partial charge in [0.25, 0.3) is 0 Å². The highest BCUT2D eigenvalue weighted by molar-refractivity contribution is 5.27. The van der Waals surface area contributed by atoms with Gasteiger partial charge in [-0.3, -0.25) is 0 Å². The fraction of sp³-hybridized carbons (Fsp3) is 0.500. The van der Waals surface area contributed by atoms with Gasteiger partial charge in [-0.25, -0.2) is 0 Å². The second-order valence-electron chi connectivity index (χ2n) is 3.65. The Balaban J connectivity index is 2.25. The van der Waals surface area contributed by atoms with E-state index in [2.05, 4.69) is 17.4 Å². The van der Waals surface area contributed by atoms with E-state index in [4.69, 9.17) is 9.84 Å². The molecule has 3 heteroatoms. The Hall–Kier alpha value is -1.06. The second-order valence-corrected chi connectivity index (χ2v) is 3.65. The third kappa shape index (κ3) is 4.81. The molecule has 15 heavy (non-hydrogen) atoms. The summed E-state index contributed by atoms with van der Waals surface area (Å²) >= 11 is 0. The third-order valence-electron chi connectivity index (χ3n) is 2.19. The van der Waals surface area contributed by atoms with E-state index in [1.165, 1.54) is 5.56 Å². The van der Waals surface area contributed by atoms with Gasteiger partial charge in [-0.05, 0) is 37.6 Å². The number of ether oxygens (including phenoxy) is 1. The molecular weight excluding hydrogens is 190 g/mol. The fourth-order valence-corrected chi connectivity index (χ4v) is 1.34. The number of nitrogens with one attached hydrogen (secondary N) is 1. The highest BCUT2D eigenvalue weighted by Crippen LogP contribution is 2.11. The van der Waals surface area contributed by atoms with Gasteiger partial charge in [0, 0.05) is 6.54 Å². The molecule has 1 unspecified atom stereocenters. The zero-order valence-electron chi connectivity index (χ0n) is 9.36. The Bertz CT molecular complexity index is 269. The lowest BCUT2D eigenvalue weighted by Gasteiger charge is -2.07. The smallest absolute Gasteiger partial charge is 0.118 e. The van der Waals surface area contributed by atoms with Crippen molar-refractivity contribution >= 4 is 0 Å². The number of aliphatic hydroxyl groups is 1. The number of hydrogen-bond donors (Lipinski definition) is 2. The monoisotopic (exact) mass is 209 g/mol. The summed E-state index contributed by atoms with van der Waals surface area (Å²) in [5.74, 6) is 0.885. The summed E-state index contributed by atoms with van der Waals surface area (Å²) in [5.41, 5.74) is 1.27. The van der Waals surface area contributed by atoms with Crippen molar-refractivity contribution in [2.75, 3.05) is 20.2 Å². The summed E-state index contributed by atoms with van der Waals surface area (Å²) < 4.78 is 5.08. The number of benzene rings is 1. The van der Waals surface area contributed by atoms with Crippen LogP contribution in [0.1, 0.15) is 12.5 Å². The summed E-state index contributed by atoms with van der Waals surface area (Å²) in [6, 6.07) is 8.04. The van der Waals surface area contributed by atoms with Crippen molar-refractivity contribution in [1.29, 1.82) is 0 Å². The molecule has 0 spiro atoms. The molecule has 0 fully saturated rings. The van der Waals surface area contributed by atoms with Crippen LogP contribution >= 0.6 is 0 Å². The molecule has 0 radical (unpaired) electrons. The molecule has 1 atom stereocenters. The van der Waals surface area contributed by atoms with Crippen molar-refractivity contribution in [2.45, 2.75) is 19.4 Å². The molecule has 2 N–H and O–H groups in total. The molecule has 0 heterocycles. The van der Waals surface area contributed by atoms with Gasteiger partial charge in [-0.2, -0.15) is 0 Å². The van der Waals surface area contributed by atoms with Gasteiger partial charge in [0.15, 0.2) is 0 Å². The van der Waals surface area contributed by atoms with E-state index in [1.807, 2.05) is 12.1 Å². The first-order valence-corrected chi connectivity index (χ1v) is 5.24. The number of aliphatic hydroxyl groups excluding tert-OH is 1. The average molecular weight is 209 g/mol. The van der Waals surface area contributed by atoms with Gasteiger partial charge in [0.05, 0.1) is 13.2 Å². The molecule has 0 bridgehead atoms. The molecule has 0 aliphatic heterocycles. The van der Waals surface area contributed by atoms with Crippen molar-refractivity contribution in [3.8, 4) is 5.75 Å². The minimum Gasteiger partial charge on any atom is -0.497 e. The van der Waals surface area contributed by atoms with Crippen molar-refractivity contribution in [3.63, 3.8) is 0 Å². The largest absolute Gasteiger partial charge is 0.497 e. The van der Waals surface area contributed by atoms with Crippen molar-refractivity contribution in [3.05, 3.63) is 29.8 Å². The van der Waals surface area contributed by atoms with Crippen LogP contribution in [0.4, 0.5) is 0 Å². The maximum absolute atomic E-state index is 9.04. The molecule has 84 valence electrons. The lowest BCUT2D eigenvalue weighted by Crippen LogP contribution is -2.26. The van der Waals surface area contributed by atoms with E-state index in [0.717, 1.165) is 18.7 Å². The van der Waals surface area contributed by atoms with Crippen molar-refractivity contribution < 1.29 is 9.84 Å². The second kappa shape index (κ2) is 6.43. The molecule has 0 saturated heterocycles. The summed E-state index contributed by atoms with van der Waals surface area (Å²) in [6.45, 7) is 3.31. The van der Waals surface area contributed by atoms with Gasteiger partial charge >= 0.3 is 0 Å². The van der Waals surface area contributed by atoms with Gasteiger partial charge in [-0.1, -0.05) is 12.1 Å². The van der Waals surface area contributed by atoms with Crippen LogP contribution in [0.25, 0.3) is 0 Å². The van der Waals surface area contributed by atoms with Crippen LogP contribution in [-0.2, 0) is 6.42 Å². The van der Waals surface area contributed by atoms with E-state index in [9.17, 15) is 0 Å². The predicted molar refractivity (Wildman–Crippen MR) is 61.2 cm³/mol. The average Bonchev–Trinajstić information content (AvgIpc) is 2.25. The summed E-state index contributed by atoms with van der Waals surface area (Å²) in [4.78, 5) is 0. The van der Waals surface area contributed by atoms with Crippen molar-refractivity contribution in [2.24, 2.45) is 0 Å². The number of rotatable bonds is 6. The van der Waals surface area contributed by atoms with Gasteiger partial charge in [-0.15, -0.1) is 0 Å². The van der Waals surface area contributed by atoms with Crippen LogP contribution in [0, 0.1) is 0 Å². The zero-order chi connectivity index (χ0) is 11.1. The molecule has 0 aliphatic rings. The highest BCUT2D eigenvalue weighted by Gasteiger charge is 1.96. The molecule has 1 aromatic carbocycles. The summed E-state index contributed by atoms with van der Waals surface area (Å²) in [7, 11) is 1.67. The summed E-state index contributed by atoms with van der Waals surface area (Å²) in [5, 5.41) is 12.2. The normalized spacial score (nSPS) is 12.5. The van der Waals surface area contributed by atoms with Crippen LogP contribution in [0.2, 0.25) is 0 Å². The van der Waals surface area contributed by atoms with Crippen LogP contribution in [-0.4, -0.2) is 31.4 Å². The van der Waals surface area contributed by atoms with Gasteiger partial charge in [0.2, 0.25) is 0 Å². The lowest BCUT2D eigenvalue weighted by atomic mass is 10.1. The Morgan fingerprint density at radius 1 is 1.33 bits per heavy atom. The molecule has 3 nitrogen and oxygen atoms in total. The molecule has 1 aromatic rings. The van der Waals surface area contributed by atoms with Crippen LogP contribution in [0.15, 0.2) is 24.3 Å². The number of methoxy groups -OCH3 is 1. The van der Waals surface area contributed by atoms with E-state index < -0.39 is 0 Å². The molecule has 0 saturated carbocycles. The number of hydrogen-bond acceptors (Lipinski definition) is 3. The first kappa shape index (κ1) is 12.0. The quantitative estimate of drug-likeness (QED) is 0.692. The summed E-state index contributed by atoms with van der Waals surface area (Å²) in [6.07, 6.45) is 0.692. The standard InChI is InChI=1S/C12H19NO2/c1-10(14)9-13-8-7-11-3-5-12(15-2)6-4-11/h3-6,10,13-14H,7-9H2,1-2H3. The molecular formula is C12H19NO2. The van der Waals surface area contributed by atoms with Gasteiger partial charge in [0.1, 0.15) is 5.75 Å². The maximum atomic E-state index is 9.04. The minimum absolute atomic E-state index is 0.277. The fourth-order valence-electron chi connectivity index (χ4n) is 1.34. The Kier molecular flexibility index (Phi) is 5.15. The minimum atomic E-state index is -0.277. The SMILES string of the molecule is COc1ccc(CCNCC(C)O)cc1. The molecule has 0 aromatic heterocycles. The van der Waals surface area contributed by atoms with Crippen LogP contribution in [0.3, 0.4) is 0 Å². The maximum Gasteiger partial charge on any atom is 0.118 e. The topological polar surface area (TPSA) is 41.5 Å². The van der Waals surface area contributed by atoms with E-state index >= 15 is 0 Å². The molecule has 0 aliphatic carbocycles. The molecule has 1 rings (SSSR count). The third-order valence-corrected chi connectivity index (χ3v) is 2.19. The Morgan fingerprint density at radius 2 is 2.00 bits per heavy atom. The first-order chi connectivity index (χ1) is 7.22. The van der Waals surface area contributed by atoms with E-state index in [-0.39, 0.29) is 6.10 Å². The van der Waals surface area contributed by atoms with E-state index in [0.29, 0.717) is 6.54 Å². The van der Waals surface area contributed by atoms with Crippen molar-refractivity contribution in [1.82, 2.24) is 5.32 Å². The highest BCUT2D eigenvalue weighted by atomic mass is 16.5. The zero-order valence-corrected chi connectivity index (χ0v) is 9.36. The lowest BCUT2D eigenvalue weighted by molar-refractivity contribution is 0.191. The van der Waals surface area contributed by atoms with Gasteiger partial charge < -0.3 is 15.2 Å². The van der Waals surface area contributed by atoms with Crippen LogP contribution in [0.5, 0.6) is 5.75 Å².